The molecular weight excluding hydrogens is 983 g/mol. The highest BCUT2D eigenvalue weighted by molar-refractivity contribution is 5.70. The van der Waals surface area contributed by atoms with Crippen LogP contribution in [-0.2, 0) is 33.3 Å². The number of esters is 2. The molecule has 0 N–H and O–H groups in total. The van der Waals surface area contributed by atoms with Gasteiger partial charge >= 0.3 is 11.9 Å². The Morgan fingerprint density at radius 2 is 0.684 bits per heavy atom. The fourth-order valence-corrected chi connectivity index (χ4v) is 9.84. The maximum atomic E-state index is 12.9. The number of quaternary nitrogens is 1. The first-order valence-corrected chi connectivity index (χ1v) is 33.8. The topological polar surface area (TPSA) is 111 Å². The monoisotopic (exact) mass is 1110 g/mol. The van der Waals surface area contributed by atoms with Gasteiger partial charge in [0.05, 0.1) is 40.3 Å². The van der Waals surface area contributed by atoms with Crippen molar-refractivity contribution >= 4 is 17.9 Å². The summed E-state index contributed by atoms with van der Waals surface area (Å²) in [6, 6.07) is 0. The summed E-state index contributed by atoms with van der Waals surface area (Å²) >= 11 is 0. The van der Waals surface area contributed by atoms with Crippen molar-refractivity contribution in [2.24, 2.45) is 0 Å². The molecule has 0 aromatic rings. The molecule has 0 saturated carbocycles. The number of rotatable bonds is 63. The van der Waals surface area contributed by atoms with Crippen LogP contribution in [0.2, 0.25) is 0 Å². The average molecular weight is 1110 g/mol. The first-order chi connectivity index (χ1) is 38.6. The molecule has 0 fully saturated rings. The van der Waals surface area contributed by atoms with E-state index in [4.69, 9.17) is 18.9 Å². The summed E-state index contributed by atoms with van der Waals surface area (Å²) in [6.45, 7) is 4.78. The van der Waals surface area contributed by atoms with E-state index in [9.17, 15) is 19.5 Å². The van der Waals surface area contributed by atoms with Crippen LogP contribution in [0.25, 0.3) is 0 Å². The minimum absolute atomic E-state index is 0.148. The van der Waals surface area contributed by atoms with Crippen molar-refractivity contribution in [1.29, 1.82) is 0 Å². The number of unbranched alkanes of at least 4 members (excludes halogenated alkanes) is 40. The third-order valence-corrected chi connectivity index (χ3v) is 15.0. The first-order valence-electron chi connectivity index (χ1n) is 33.8. The van der Waals surface area contributed by atoms with Gasteiger partial charge in [0.1, 0.15) is 13.2 Å². The van der Waals surface area contributed by atoms with Crippen LogP contribution in [0.1, 0.15) is 322 Å². The molecule has 79 heavy (non-hydrogen) atoms. The summed E-state index contributed by atoms with van der Waals surface area (Å²) in [6.07, 6.45) is 74.7. The Bertz CT molecular complexity index is 1430. The van der Waals surface area contributed by atoms with E-state index in [1.807, 2.05) is 21.1 Å². The minimum Gasteiger partial charge on any atom is -0.545 e. The summed E-state index contributed by atoms with van der Waals surface area (Å²) in [5.74, 6) is -2.27. The molecule has 0 aromatic heterocycles. The second kappa shape index (κ2) is 61.3. The van der Waals surface area contributed by atoms with Crippen LogP contribution in [0.5, 0.6) is 0 Å². The van der Waals surface area contributed by atoms with E-state index in [1.165, 1.54) is 238 Å². The van der Waals surface area contributed by atoms with E-state index in [0.29, 0.717) is 23.9 Å². The van der Waals surface area contributed by atoms with E-state index in [-0.39, 0.29) is 32.2 Å². The Labute approximate surface area is 489 Å². The second-order valence-electron chi connectivity index (χ2n) is 24.1. The van der Waals surface area contributed by atoms with Gasteiger partial charge in [-0.3, -0.25) is 9.59 Å². The molecule has 0 saturated heterocycles. The number of hydrogen-bond acceptors (Lipinski definition) is 8. The van der Waals surface area contributed by atoms with Crippen molar-refractivity contribution in [2.45, 2.75) is 334 Å². The van der Waals surface area contributed by atoms with Gasteiger partial charge in [0.15, 0.2) is 12.4 Å². The van der Waals surface area contributed by atoms with Crippen LogP contribution in [0.15, 0.2) is 48.6 Å². The van der Waals surface area contributed by atoms with Gasteiger partial charge in [0.25, 0.3) is 0 Å². The third-order valence-electron chi connectivity index (χ3n) is 15.0. The Kier molecular flexibility index (Phi) is 59.2. The number of nitrogens with zero attached hydrogens (tertiary/aromatic N) is 1. The van der Waals surface area contributed by atoms with Crippen molar-refractivity contribution in [3.8, 4) is 0 Å². The number of carbonyl (C=O) groups excluding carboxylic acids is 3. The van der Waals surface area contributed by atoms with E-state index in [1.54, 1.807) is 0 Å². The minimum atomic E-state index is -1.62. The van der Waals surface area contributed by atoms with E-state index < -0.39 is 24.3 Å². The molecule has 462 valence electrons. The molecule has 2 unspecified atom stereocenters. The molecule has 0 aliphatic heterocycles. The fourth-order valence-electron chi connectivity index (χ4n) is 9.84. The molecule has 0 amide bonds. The number of carboxylic acid groups (broad SMARTS) is 1. The lowest BCUT2D eigenvalue weighted by atomic mass is 10.0. The SMILES string of the molecule is CCCCCCC/C=C\C/C=C\C/C=C\CCCCCCCCCCCCCCC(=O)OC(COC(=O)CCCCCCCCCCCCCCCCC/C=C\CCCCCCCCCC)COC(OCC[N+](C)(C)C)C(=O)[O-]. The van der Waals surface area contributed by atoms with E-state index in [2.05, 4.69) is 62.5 Å². The average Bonchev–Trinajstić information content (AvgIpc) is 3.42. The highest BCUT2D eigenvalue weighted by atomic mass is 16.7. The van der Waals surface area contributed by atoms with Gasteiger partial charge in [-0.1, -0.05) is 281 Å². The Balaban J connectivity index is 4.13. The van der Waals surface area contributed by atoms with Crippen LogP contribution in [0.4, 0.5) is 0 Å². The molecule has 2 atom stereocenters. The summed E-state index contributed by atoms with van der Waals surface area (Å²) in [5, 5.41) is 11.8. The number of allylic oxidation sites excluding steroid dienone is 8. The van der Waals surface area contributed by atoms with Gasteiger partial charge in [-0.25, -0.2) is 0 Å². The molecule has 0 aliphatic carbocycles. The molecule has 0 heterocycles. The van der Waals surface area contributed by atoms with Gasteiger partial charge in [0, 0.05) is 12.8 Å². The zero-order chi connectivity index (χ0) is 57.6. The van der Waals surface area contributed by atoms with Crippen molar-refractivity contribution in [3.63, 3.8) is 0 Å². The van der Waals surface area contributed by atoms with Crippen LogP contribution in [0.3, 0.4) is 0 Å². The standard InChI is InChI=1S/C70H129NO8/c1-6-8-10-12-14-16-18-20-22-24-26-28-30-32-34-36-38-40-42-44-46-48-50-52-54-56-58-60-67(72)77-64-66(65-78-70(69(74)75)76-63-62-71(3,4)5)79-68(73)61-59-57-55-53-51-49-47-45-43-41-39-37-35-33-31-29-27-25-23-21-19-17-15-13-11-9-7-2/h19,21,24-27,31,33,66,70H,6-18,20,22-23,28-30,32,34-65H2,1-5H3/b21-19-,26-24-,27-25-,33-31-. The Hall–Kier alpha value is -2.75. The normalized spacial score (nSPS) is 13.0. The summed E-state index contributed by atoms with van der Waals surface area (Å²) < 4.78 is 22.8. The highest BCUT2D eigenvalue weighted by Crippen LogP contribution is 2.18. The van der Waals surface area contributed by atoms with Gasteiger partial charge in [-0.15, -0.1) is 0 Å². The zero-order valence-corrected chi connectivity index (χ0v) is 52.8. The third kappa shape index (κ3) is 62.7. The fraction of sp³-hybridized carbons (Fsp3) is 0.843. The van der Waals surface area contributed by atoms with Gasteiger partial charge in [0.2, 0.25) is 0 Å². The van der Waals surface area contributed by atoms with Crippen LogP contribution >= 0.6 is 0 Å². The molecule has 9 heteroatoms. The van der Waals surface area contributed by atoms with Crippen molar-refractivity contribution < 1.29 is 42.9 Å². The maximum absolute atomic E-state index is 12.9. The van der Waals surface area contributed by atoms with E-state index in [0.717, 1.165) is 51.4 Å². The largest absolute Gasteiger partial charge is 0.545 e. The summed E-state index contributed by atoms with van der Waals surface area (Å²) in [7, 11) is 5.94. The number of carbonyl (C=O) groups is 3. The predicted octanol–water partition coefficient (Wildman–Crippen LogP) is 19.2. The molecule has 0 aliphatic rings. The lowest BCUT2D eigenvalue weighted by Crippen LogP contribution is -2.44. The molecule has 0 rings (SSSR count). The summed E-state index contributed by atoms with van der Waals surface area (Å²) in [5.41, 5.74) is 0. The molecule has 0 aromatic carbocycles. The van der Waals surface area contributed by atoms with Crippen LogP contribution < -0.4 is 5.11 Å². The lowest BCUT2D eigenvalue weighted by Gasteiger charge is -2.26. The quantitative estimate of drug-likeness (QED) is 0.0195. The smallest absolute Gasteiger partial charge is 0.306 e. The van der Waals surface area contributed by atoms with Crippen LogP contribution in [-0.4, -0.2) is 82.3 Å². The molecule has 0 radical (unpaired) electrons. The molecule has 0 spiro atoms. The van der Waals surface area contributed by atoms with Crippen LogP contribution in [0, 0.1) is 0 Å². The van der Waals surface area contributed by atoms with Crippen molar-refractivity contribution in [3.05, 3.63) is 48.6 Å². The molecule has 0 bridgehead atoms. The Morgan fingerprint density at radius 1 is 0.380 bits per heavy atom. The van der Waals surface area contributed by atoms with Gasteiger partial charge in [-0.2, -0.15) is 0 Å². The summed E-state index contributed by atoms with van der Waals surface area (Å²) in [4.78, 5) is 37.4. The highest BCUT2D eigenvalue weighted by Gasteiger charge is 2.22. The lowest BCUT2D eigenvalue weighted by molar-refractivity contribution is -0.870. The predicted molar refractivity (Wildman–Crippen MR) is 334 cm³/mol. The van der Waals surface area contributed by atoms with Crippen molar-refractivity contribution in [1.82, 2.24) is 0 Å². The zero-order valence-electron chi connectivity index (χ0n) is 52.8. The van der Waals surface area contributed by atoms with Gasteiger partial charge in [-0.05, 0) is 77.0 Å². The second-order valence-corrected chi connectivity index (χ2v) is 24.1. The number of hydrogen-bond donors (Lipinski definition) is 0. The van der Waals surface area contributed by atoms with E-state index >= 15 is 0 Å². The first kappa shape index (κ1) is 76.2. The van der Waals surface area contributed by atoms with Crippen molar-refractivity contribution in [2.75, 3.05) is 47.5 Å². The number of ether oxygens (including phenoxy) is 4. The van der Waals surface area contributed by atoms with Gasteiger partial charge < -0.3 is 33.3 Å². The number of likely N-dealkylation sites (N-methyl/N-ethyl adjacent to an activating group) is 1. The number of carboxylic acids is 1. The number of aliphatic carboxylic acids is 1. The molecular formula is C70H129NO8. The Morgan fingerprint density at radius 3 is 1.03 bits per heavy atom. The maximum Gasteiger partial charge on any atom is 0.306 e. The molecule has 9 nitrogen and oxygen atoms in total.